The molecule has 0 aliphatic heterocycles. The second-order valence-corrected chi connectivity index (χ2v) is 5.75. The van der Waals surface area contributed by atoms with E-state index in [4.69, 9.17) is 11.6 Å². The number of halogens is 4. The third-order valence-corrected chi connectivity index (χ3v) is 3.96. The Bertz CT molecular complexity index is 478. The molecule has 1 heterocycles. The minimum Gasteiger partial charge on any atom is -0.357 e. The van der Waals surface area contributed by atoms with E-state index in [-0.39, 0.29) is 17.1 Å². The highest BCUT2D eigenvalue weighted by atomic mass is 35.5. The Hall–Kier alpha value is -1.04. The molecule has 2 atom stereocenters. The lowest BCUT2D eigenvalue weighted by Crippen LogP contribution is -2.36. The molecule has 1 aromatic heterocycles. The van der Waals surface area contributed by atoms with E-state index in [1.54, 1.807) is 11.9 Å². The maximum Gasteiger partial charge on any atom is 0.433 e. The molecule has 0 radical (unpaired) electrons. The van der Waals surface area contributed by atoms with Crippen LogP contribution >= 0.6 is 11.6 Å². The molecule has 1 aliphatic rings. The van der Waals surface area contributed by atoms with Crippen LogP contribution in [-0.2, 0) is 6.18 Å². The molecule has 1 fully saturated rings. The molecule has 2 unspecified atom stereocenters. The fraction of sp³-hybridized carbons (Fsp3) is 0.692. The summed E-state index contributed by atoms with van der Waals surface area (Å²) >= 11 is 5.62. The Morgan fingerprint density at radius 3 is 2.60 bits per heavy atom. The summed E-state index contributed by atoms with van der Waals surface area (Å²) in [6, 6.07) is 1.16. The SMILES string of the molecule is CC1CCCC(N(C)c2cc(C(F)(F)F)nc(Cl)n2)C1. The molecule has 20 heavy (non-hydrogen) atoms. The normalized spacial score (nSPS) is 23.7. The van der Waals surface area contributed by atoms with Crippen LogP contribution in [0.25, 0.3) is 0 Å². The van der Waals surface area contributed by atoms with Crippen LogP contribution in [0.2, 0.25) is 5.28 Å². The summed E-state index contributed by atoms with van der Waals surface area (Å²) in [4.78, 5) is 8.97. The highest BCUT2D eigenvalue weighted by Gasteiger charge is 2.34. The fourth-order valence-corrected chi connectivity index (χ4v) is 2.85. The van der Waals surface area contributed by atoms with E-state index < -0.39 is 11.9 Å². The van der Waals surface area contributed by atoms with Crippen LogP contribution in [0.3, 0.4) is 0 Å². The van der Waals surface area contributed by atoms with Gasteiger partial charge in [0.2, 0.25) is 5.28 Å². The molecule has 0 N–H and O–H groups in total. The predicted octanol–water partition coefficient (Wildman–Crippen LogP) is 4.16. The summed E-state index contributed by atoms with van der Waals surface area (Å²) in [5.74, 6) is 0.812. The molecule has 1 aromatic rings. The van der Waals surface area contributed by atoms with Crippen LogP contribution in [0.5, 0.6) is 0 Å². The third kappa shape index (κ3) is 3.53. The topological polar surface area (TPSA) is 29.0 Å². The zero-order valence-corrected chi connectivity index (χ0v) is 12.2. The average molecular weight is 308 g/mol. The van der Waals surface area contributed by atoms with Crippen molar-refractivity contribution < 1.29 is 13.2 Å². The maximum atomic E-state index is 12.7. The van der Waals surface area contributed by atoms with Gasteiger partial charge in [0.1, 0.15) is 5.82 Å². The third-order valence-electron chi connectivity index (χ3n) is 3.79. The number of rotatable bonds is 2. The molecule has 0 spiro atoms. The van der Waals surface area contributed by atoms with E-state index in [9.17, 15) is 13.2 Å². The van der Waals surface area contributed by atoms with Crippen LogP contribution in [0.15, 0.2) is 6.07 Å². The van der Waals surface area contributed by atoms with Crippen molar-refractivity contribution in [3.63, 3.8) is 0 Å². The van der Waals surface area contributed by atoms with Crippen molar-refractivity contribution in [2.24, 2.45) is 5.92 Å². The lowest BCUT2D eigenvalue weighted by Gasteiger charge is -2.35. The first kappa shape index (κ1) is 15.4. The van der Waals surface area contributed by atoms with Crippen LogP contribution in [0.1, 0.15) is 38.3 Å². The molecular weight excluding hydrogens is 291 g/mol. The van der Waals surface area contributed by atoms with Crippen LogP contribution < -0.4 is 4.90 Å². The van der Waals surface area contributed by atoms with Crippen molar-refractivity contribution in [3.8, 4) is 0 Å². The summed E-state index contributed by atoms with van der Waals surface area (Å²) in [6.45, 7) is 2.16. The summed E-state index contributed by atoms with van der Waals surface area (Å²) < 4.78 is 38.2. The van der Waals surface area contributed by atoms with Gasteiger partial charge in [0.15, 0.2) is 5.69 Å². The van der Waals surface area contributed by atoms with E-state index in [0.717, 1.165) is 25.3 Å². The molecular formula is C13H17ClF3N3. The van der Waals surface area contributed by atoms with Crippen molar-refractivity contribution in [1.29, 1.82) is 0 Å². The summed E-state index contributed by atoms with van der Waals surface area (Å²) in [7, 11) is 1.77. The first-order valence-electron chi connectivity index (χ1n) is 6.62. The Kier molecular flexibility index (Phi) is 4.42. The number of aromatic nitrogens is 2. The second kappa shape index (κ2) is 5.76. The Morgan fingerprint density at radius 2 is 2.00 bits per heavy atom. The maximum absolute atomic E-state index is 12.7. The molecule has 1 aliphatic carbocycles. The van der Waals surface area contributed by atoms with E-state index in [2.05, 4.69) is 16.9 Å². The van der Waals surface area contributed by atoms with E-state index >= 15 is 0 Å². The van der Waals surface area contributed by atoms with Crippen molar-refractivity contribution in [1.82, 2.24) is 9.97 Å². The van der Waals surface area contributed by atoms with Gasteiger partial charge in [-0.25, -0.2) is 9.97 Å². The molecule has 0 aromatic carbocycles. The fourth-order valence-electron chi connectivity index (χ4n) is 2.67. The van der Waals surface area contributed by atoms with Crippen LogP contribution in [0, 0.1) is 5.92 Å². The van der Waals surface area contributed by atoms with Crippen molar-refractivity contribution in [3.05, 3.63) is 17.0 Å². The number of anilines is 1. The summed E-state index contributed by atoms with van der Waals surface area (Å²) in [5.41, 5.74) is -0.997. The van der Waals surface area contributed by atoms with Gasteiger partial charge in [-0.3, -0.25) is 0 Å². The first-order chi connectivity index (χ1) is 9.27. The highest BCUT2D eigenvalue weighted by molar-refractivity contribution is 6.28. The molecule has 0 saturated heterocycles. The summed E-state index contributed by atoms with van der Waals surface area (Å²) in [6.07, 6.45) is -0.338. The van der Waals surface area contributed by atoms with Crippen LogP contribution in [0.4, 0.5) is 19.0 Å². The van der Waals surface area contributed by atoms with Gasteiger partial charge < -0.3 is 4.90 Å². The molecule has 0 bridgehead atoms. The van der Waals surface area contributed by atoms with Crippen molar-refractivity contribution in [2.45, 2.75) is 44.8 Å². The minimum atomic E-state index is -4.51. The Balaban J connectivity index is 2.25. The van der Waals surface area contributed by atoms with Gasteiger partial charge in [-0.05, 0) is 30.4 Å². The highest BCUT2D eigenvalue weighted by Crippen LogP contribution is 2.33. The van der Waals surface area contributed by atoms with Crippen molar-refractivity contribution in [2.75, 3.05) is 11.9 Å². The smallest absolute Gasteiger partial charge is 0.357 e. The first-order valence-corrected chi connectivity index (χ1v) is 7.00. The van der Waals surface area contributed by atoms with Gasteiger partial charge in [-0.15, -0.1) is 0 Å². The standard InChI is InChI=1S/C13H17ClF3N3/c1-8-4-3-5-9(6-8)20(2)11-7-10(13(15,16)17)18-12(14)19-11/h7-9H,3-6H2,1-2H3. The number of alkyl halides is 3. The zero-order chi connectivity index (χ0) is 14.9. The molecule has 3 nitrogen and oxygen atoms in total. The lowest BCUT2D eigenvalue weighted by molar-refractivity contribution is -0.141. The van der Waals surface area contributed by atoms with E-state index in [0.29, 0.717) is 5.92 Å². The van der Waals surface area contributed by atoms with Gasteiger partial charge in [0, 0.05) is 19.2 Å². The van der Waals surface area contributed by atoms with E-state index in [1.165, 1.54) is 6.42 Å². The second-order valence-electron chi connectivity index (χ2n) is 5.41. The largest absolute Gasteiger partial charge is 0.433 e. The number of nitrogens with zero attached hydrogens (tertiary/aromatic N) is 3. The molecule has 0 amide bonds. The van der Waals surface area contributed by atoms with Gasteiger partial charge in [0.25, 0.3) is 0 Å². The molecule has 2 rings (SSSR count). The lowest BCUT2D eigenvalue weighted by atomic mass is 9.86. The monoisotopic (exact) mass is 307 g/mol. The van der Waals surface area contributed by atoms with E-state index in [1.807, 2.05) is 0 Å². The molecule has 7 heteroatoms. The Morgan fingerprint density at radius 1 is 1.30 bits per heavy atom. The quantitative estimate of drug-likeness (QED) is 0.768. The van der Waals surface area contributed by atoms with Crippen LogP contribution in [-0.4, -0.2) is 23.1 Å². The van der Waals surface area contributed by atoms with Gasteiger partial charge in [-0.2, -0.15) is 13.2 Å². The molecule has 112 valence electrons. The Labute approximate surface area is 121 Å². The average Bonchev–Trinajstić information content (AvgIpc) is 2.36. The number of hydrogen-bond acceptors (Lipinski definition) is 3. The summed E-state index contributed by atoms with van der Waals surface area (Å²) in [5, 5.41) is -0.370. The van der Waals surface area contributed by atoms with Crippen molar-refractivity contribution >= 4 is 17.4 Å². The van der Waals surface area contributed by atoms with Gasteiger partial charge in [-0.1, -0.05) is 19.8 Å². The molecule has 1 saturated carbocycles. The predicted molar refractivity (Wildman–Crippen MR) is 71.9 cm³/mol. The minimum absolute atomic E-state index is 0.200. The zero-order valence-electron chi connectivity index (χ0n) is 11.4. The van der Waals surface area contributed by atoms with Gasteiger partial charge in [0.05, 0.1) is 0 Å². The number of hydrogen-bond donors (Lipinski definition) is 0. The van der Waals surface area contributed by atoms with Gasteiger partial charge >= 0.3 is 6.18 Å².